The second-order valence-corrected chi connectivity index (χ2v) is 9.33. The first-order chi connectivity index (χ1) is 15.7. The lowest BCUT2D eigenvalue weighted by Gasteiger charge is -2.48. The largest absolute Gasteiger partial charge is 0.394 e. The molecule has 3 aliphatic heterocycles. The number of rotatable bonds is 8. The van der Waals surface area contributed by atoms with Crippen LogP contribution < -0.4 is 0 Å². The fourth-order valence-electron chi connectivity index (χ4n) is 4.62. The molecule has 0 aromatic heterocycles. The summed E-state index contributed by atoms with van der Waals surface area (Å²) in [5, 5.41) is 70.0. The predicted molar refractivity (Wildman–Crippen MR) is 110 cm³/mol. The molecule has 0 aliphatic carbocycles. The summed E-state index contributed by atoms with van der Waals surface area (Å²) in [6.07, 6.45) is -11.6. The van der Waals surface area contributed by atoms with Gasteiger partial charge in [-0.2, -0.15) is 0 Å². The minimum Gasteiger partial charge on any atom is -0.394 e. The van der Waals surface area contributed by atoms with Crippen molar-refractivity contribution in [3.8, 4) is 0 Å². The van der Waals surface area contributed by atoms with E-state index in [4.69, 9.17) is 23.7 Å². The molecule has 3 rings (SSSR count). The third-order valence-corrected chi connectivity index (χ3v) is 6.41. The molecule has 0 bridgehead atoms. The van der Waals surface area contributed by atoms with Gasteiger partial charge in [-0.1, -0.05) is 13.8 Å². The molecule has 0 spiro atoms. The minimum atomic E-state index is -1.31. The summed E-state index contributed by atoms with van der Waals surface area (Å²) in [5.41, 5.74) is 0. The highest BCUT2D eigenvalue weighted by Gasteiger charge is 2.50. The van der Waals surface area contributed by atoms with E-state index in [0.29, 0.717) is 0 Å². The van der Waals surface area contributed by atoms with Gasteiger partial charge in [-0.25, -0.2) is 0 Å². The molecule has 194 valence electrons. The molecule has 0 aromatic rings. The maximum atomic E-state index is 11.2. The summed E-state index contributed by atoms with van der Waals surface area (Å²) in [4.78, 5) is 0. The Balaban J connectivity index is 1.75. The third-order valence-electron chi connectivity index (χ3n) is 6.41. The Morgan fingerprint density at radius 3 is 1.97 bits per heavy atom. The summed E-state index contributed by atoms with van der Waals surface area (Å²) in [5.74, 6) is -0.140. The van der Waals surface area contributed by atoms with Crippen LogP contribution in [0, 0.1) is 5.92 Å². The molecule has 1 unspecified atom stereocenters. The van der Waals surface area contributed by atoms with E-state index in [9.17, 15) is 35.7 Å². The van der Waals surface area contributed by atoms with E-state index in [1.54, 1.807) is 0 Å². The molecule has 0 amide bonds. The highest BCUT2D eigenvalue weighted by Crippen LogP contribution is 2.34. The lowest BCUT2D eigenvalue weighted by Crippen LogP contribution is -2.64. The topological polar surface area (TPSA) is 188 Å². The molecule has 0 saturated carbocycles. The number of hydrogen-bond acceptors (Lipinski definition) is 12. The Morgan fingerprint density at radius 2 is 1.36 bits per heavy atom. The summed E-state index contributed by atoms with van der Waals surface area (Å²) in [7, 11) is 0. The van der Waals surface area contributed by atoms with Crippen LogP contribution in [-0.2, 0) is 23.7 Å². The molecule has 3 aliphatic rings. The summed E-state index contributed by atoms with van der Waals surface area (Å²) >= 11 is 0. The Hall–Kier alpha value is -0.480. The van der Waals surface area contributed by atoms with Crippen molar-refractivity contribution in [3.05, 3.63) is 0 Å². The predicted octanol–water partition coefficient (Wildman–Crippen LogP) is -2.78. The molecule has 12 nitrogen and oxygen atoms in total. The van der Waals surface area contributed by atoms with Gasteiger partial charge in [-0.3, -0.25) is 0 Å². The van der Waals surface area contributed by atoms with E-state index in [1.807, 2.05) is 13.8 Å². The van der Waals surface area contributed by atoms with Gasteiger partial charge in [0.25, 0.3) is 0 Å². The lowest BCUT2D eigenvalue weighted by atomic mass is 9.89. The van der Waals surface area contributed by atoms with E-state index in [-0.39, 0.29) is 31.8 Å². The van der Waals surface area contributed by atoms with Crippen LogP contribution in [-0.4, -0.2) is 129 Å². The monoisotopic (exact) mass is 482 g/mol. The zero-order chi connectivity index (χ0) is 24.3. The van der Waals surface area contributed by atoms with Gasteiger partial charge in [-0.05, 0) is 5.92 Å². The molecule has 3 fully saturated rings. The van der Waals surface area contributed by atoms with Crippen LogP contribution in [0.2, 0.25) is 0 Å². The summed E-state index contributed by atoms with van der Waals surface area (Å²) < 4.78 is 29.1. The number of ether oxygens (including phenoxy) is 5. The normalized spacial score (nSPS) is 47.1. The van der Waals surface area contributed by atoms with Gasteiger partial charge in [0, 0.05) is 19.3 Å². The van der Waals surface area contributed by atoms with Crippen molar-refractivity contribution < 1.29 is 59.4 Å². The number of aliphatic hydroxyl groups excluding tert-OH is 7. The number of aliphatic hydroxyl groups is 7. The van der Waals surface area contributed by atoms with Crippen LogP contribution in [0.15, 0.2) is 0 Å². The molecular weight excluding hydrogens is 444 g/mol. The number of hydrogen-bond donors (Lipinski definition) is 7. The van der Waals surface area contributed by atoms with Crippen LogP contribution >= 0.6 is 0 Å². The second-order valence-electron chi connectivity index (χ2n) is 9.33. The standard InChI is InChI=1S/C21H38O12/c1-9(2)19-21(33-16-5-12(26)17(27)13(7-23)30-16)18(28)20(14(8-24)31-19)32-15-4-10(25)3-11(6-22)29-15/h9-28H,3-8H2,1-2H3/t10-,11-,12+,13+,14+,15-,16-,17-,18-,19?,20+,21+/m0/s1. The molecule has 12 heteroatoms. The van der Waals surface area contributed by atoms with E-state index in [1.165, 1.54) is 0 Å². The smallest absolute Gasteiger partial charge is 0.161 e. The fraction of sp³-hybridized carbons (Fsp3) is 1.00. The van der Waals surface area contributed by atoms with Crippen LogP contribution in [0.3, 0.4) is 0 Å². The molecule has 0 aromatic carbocycles. The Bertz CT molecular complexity index is 594. The van der Waals surface area contributed by atoms with E-state index in [2.05, 4.69) is 0 Å². The van der Waals surface area contributed by atoms with Gasteiger partial charge in [0.05, 0.1) is 44.2 Å². The van der Waals surface area contributed by atoms with Crippen molar-refractivity contribution in [1.82, 2.24) is 0 Å². The molecule has 3 heterocycles. The zero-order valence-corrected chi connectivity index (χ0v) is 18.9. The van der Waals surface area contributed by atoms with Crippen molar-refractivity contribution in [1.29, 1.82) is 0 Å². The van der Waals surface area contributed by atoms with E-state index < -0.39 is 86.8 Å². The second kappa shape index (κ2) is 12.0. The van der Waals surface area contributed by atoms with Crippen molar-refractivity contribution in [2.75, 3.05) is 19.8 Å². The van der Waals surface area contributed by atoms with E-state index >= 15 is 0 Å². The summed E-state index contributed by atoms with van der Waals surface area (Å²) in [6, 6.07) is 0. The molecule has 7 N–H and O–H groups in total. The average Bonchev–Trinajstić information content (AvgIpc) is 2.78. The van der Waals surface area contributed by atoms with Crippen LogP contribution in [0.1, 0.15) is 33.1 Å². The average molecular weight is 483 g/mol. The molecule has 3 saturated heterocycles. The van der Waals surface area contributed by atoms with Crippen molar-refractivity contribution >= 4 is 0 Å². The minimum absolute atomic E-state index is 0.0865. The van der Waals surface area contributed by atoms with E-state index in [0.717, 1.165) is 0 Å². The van der Waals surface area contributed by atoms with Crippen LogP contribution in [0.25, 0.3) is 0 Å². The van der Waals surface area contributed by atoms with Crippen LogP contribution in [0.4, 0.5) is 0 Å². The molecular formula is C21H38O12. The van der Waals surface area contributed by atoms with Gasteiger partial charge >= 0.3 is 0 Å². The third kappa shape index (κ3) is 6.40. The first kappa shape index (κ1) is 27.1. The van der Waals surface area contributed by atoms with Gasteiger partial charge in [0.2, 0.25) is 0 Å². The lowest BCUT2D eigenvalue weighted by molar-refractivity contribution is -0.340. The van der Waals surface area contributed by atoms with Crippen molar-refractivity contribution in [2.24, 2.45) is 5.92 Å². The SMILES string of the molecule is CC(C)C1O[C@H](CO)[C@@H](O[C@H]2C[C@@H](O)C[C@@H](CO)O2)[C@H](O)[C@H]1O[C@H]1C[C@@H](O)[C@H](O)[C@@H](CO)O1. The Morgan fingerprint density at radius 1 is 0.727 bits per heavy atom. The molecule has 0 radical (unpaired) electrons. The first-order valence-corrected chi connectivity index (χ1v) is 11.5. The van der Waals surface area contributed by atoms with Gasteiger partial charge in [-0.15, -0.1) is 0 Å². The summed E-state index contributed by atoms with van der Waals surface area (Å²) in [6.45, 7) is 2.43. The molecule has 33 heavy (non-hydrogen) atoms. The zero-order valence-electron chi connectivity index (χ0n) is 18.9. The highest BCUT2D eigenvalue weighted by molar-refractivity contribution is 4.96. The van der Waals surface area contributed by atoms with Gasteiger partial charge in [0.15, 0.2) is 12.6 Å². The van der Waals surface area contributed by atoms with Crippen molar-refractivity contribution in [3.63, 3.8) is 0 Å². The highest BCUT2D eigenvalue weighted by atomic mass is 16.7. The Labute approximate surface area is 192 Å². The van der Waals surface area contributed by atoms with Gasteiger partial charge in [0.1, 0.15) is 36.6 Å². The van der Waals surface area contributed by atoms with Gasteiger partial charge < -0.3 is 59.4 Å². The quantitative estimate of drug-likeness (QED) is 0.189. The molecule has 12 atom stereocenters. The maximum Gasteiger partial charge on any atom is 0.161 e. The van der Waals surface area contributed by atoms with Crippen LogP contribution in [0.5, 0.6) is 0 Å². The first-order valence-electron chi connectivity index (χ1n) is 11.5. The van der Waals surface area contributed by atoms with Crippen molar-refractivity contribution in [2.45, 2.75) is 107 Å². The Kier molecular flexibility index (Phi) is 9.84. The fourth-order valence-corrected chi connectivity index (χ4v) is 4.62. The maximum absolute atomic E-state index is 11.2.